The van der Waals surface area contributed by atoms with Crippen molar-refractivity contribution in [3.63, 3.8) is 0 Å². The number of nitrogens with zero attached hydrogens (tertiary/aromatic N) is 2. The number of ether oxygens (including phenoxy) is 2. The van der Waals surface area contributed by atoms with Crippen LogP contribution in [0.15, 0.2) is 47.0 Å². The number of amides is 2. The molecule has 2 fully saturated rings. The van der Waals surface area contributed by atoms with E-state index >= 15 is 0 Å². The molecule has 2 aromatic rings. The van der Waals surface area contributed by atoms with Gasteiger partial charge in [0.05, 0.1) is 31.6 Å². The van der Waals surface area contributed by atoms with Crippen molar-refractivity contribution in [1.29, 1.82) is 0 Å². The lowest BCUT2D eigenvalue weighted by Crippen LogP contribution is -2.44. The highest BCUT2D eigenvalue weighted by molar-refractivity contribution is 6.02. The molecule has 3 aliphatic heterocycles. The van der Waals surface area contributed by atoms with Gasteiger partial charge in [0.25, 0.3) is 0 Å². The van der Waals surface area contributed by atoms with E-state index < -0.39 is 17.4 Å². The van der Waals surface area contributed by atoms with Gasteiger partial charge in [-0.25, -0.2) is 0 Å². The maximum absolute atomic E-state index is 13.2. The molecule has 150 valence electrons. The summed E-state index contributed by atoms with van der Waals surface area (Å²) in [4.78, 5) is 27.7. The summed E-state index contributed by atoms with van der Waals surface area (Å²) in [6, 6.07) is 9.20. The van der Waals surface area contributed by atoms with Gasteiger partial charge in [-0.15, -0.1) is 0 Å². The molecular formula is C21H21N3O5. The van der Waals surface area contributed by atoms with E-state index in [0.29, 0.717) is 24.7 Å². The smallest absolute Gasteiger partial charge is 0.235 e. The first-order valence-corrected chi connectivity index (χ1v) is 9.53. The highest BCUT2D eigenvalue weighted by Crippen LogP contribution is 2.52. The number of benzene rings is 1. The van der Waals surface area contributed by atoms with Gasteiger partial charge in [-0.3, -0.25) is 14.5 Å². The molecule has 2 bridgehead atoms. The molecule has 0 unspecified atom stereocenters. The Hall–Kier alpha value is -3.13. The molecule has 1 aromatic carbocycles. The van der Waals surface area contributed by atoms with Crippen molar-refractivity contribution >= 4 is 17.6 Å². The minimum atomic E-state index is -0.781. The molecule has 8 heteroatoms. The topological polar surface area (TPSA) is 93.9 Å². The van der Waals surface area contributed by atoms with Gasteiger partial charge < -0.3 is 19.3 Å². The van der Waals surface area contributed by atoms with Crippen molar-refractivity contribution < 1.29 is 23.6 Å². The van der Waals surface area contributed by atoms with Crippen molar-refractivity contribution in [3.05, 3.63) is 53.8 Å². The maximum atomic E-state index is 13.2. The number of anilines is 1. The normalized spacial score (nSPS) is 29.4. The van der Waals surface area contributed by atoms with Crippen LogP contribution >= 0.6 is 0 Å². The Morgan fingerprint density at radius 1 is 1.38 bits per heavy atom. The lowest BCUT2D eigenvalue weighted by Gasteiger charge is -2.23. The third-order valence-electron chi connectivity index (χ3n) is 5.92. The summed E-state index contributed by atoms with van der Waals surface area (Å²) >= 11 is 0. The van der Waals surface area contributed by atoms with Gasteiger partial charge in [-0.05, 0) is 24.6 Å². The van der Waals surface area contributed by atoms with E-state index in [1.165, 1.54) is 0 Å². The highest BCUT2D eigenvalue weighted by Gasteiger charge is 2.67. The quantitative estimate of drug-likeness (QED) is 0.773. The first-order chi connectivity index (χ1) is 14.0. The second-order valence-corrected chi connectivity index (χ2v) is 7.69. The summed E-state index contributed by atoms with van der Waals surface area (Å²) in [5, 5.41) is 6.91. The molecule has 0 saturated carbocycles. The number of rotatable bonds is 5. The summed E-state index contributed by atoms with van der Waals surface area (Å²) in [6.45, 7) is 2.47. The van der Waals surface area contributed by atoms with Crippen LogP contribution in [0.3, 0.4) is 0 Å². The number of carbonyl (C=O) groups is 2. The molecule has 3 aliphatic rings. The standard InChI is InChI=1S/C21H21N3O5/c1-12-9-16(23-29-12)24-11-21-8-7-15(28-21)17(18(21)20(24)26)19(25)22-10-13-3-5-14(27-2)6-4-13/h3-9,15,17-18H,10-11H2,1-2H3,(H,22,25)/t15-,17-,18-,21+/m1/s1. The van der Waals surface area contributed by atoms with Crippen LogP contribution in [0.5, 0.6) is 5.75 Å². The van der Waals surface area contributed by atoms with Crippen molar-refractivity contribution in [1.82, 2.24) is 10.5 Å². The summed E-state index contributed by atoms with van der Waals surface area (Å²) in [5.41, 5.74) is 0.169. The highest BCUT2D eigenvalue weighted by atomic mass is 16.5. The van der Waals surface area contributed by atoms with Gasteiger partial charge in [0.2, 0.25) is 11.8 Å². The number of methoxy groups -OCH3 is 1. The van der Waals surface area contributed by atoms with E-state index in [1.807, 2.05) is 36.4 Å². The molecule has 0 radical (unpaired) electrons. The Morgan fingerprint density at radius 2 is 2.17 bits per heavy atom. The van der Waals surface area contributed by atoms with E-state index in [1.54, 1.807) is 25.0 Å². The molecule has 8 nitrogen and oxygen atoms in total. The fourth-order valence-corrected chi connectivity index (χ4v) is 4.52. The van der Waals surface area contributed by atoms with E-state index in [2.05, 4.69) is 10.5 Å². The third-order valence-corrected chi connectivity index (χ3v) is 5.92. The molecule has 1 spiro atoms. The van der Waals surface area contributed by atoms with Gasteiger partial charge in [0.1, 0.15) is 17.1 Å². The number of aromatic nitrogens is 1. The van der Waals surface area contributed by atoms with E-state index in [9.17, 15) is 9.59 Å². The zero-order valence-electron chi connectivity index (χ0n) is 16.1. The van der Waals surface area contributed by atoms with Crippen molar-refractivity contribution in [2.75, 3.05) is 18.6 Å². The monoisotopic (exact) mass is 395 g/mol. The summed E-state index contributed by atoms with van der Waals surface area (Å²) in [7, 11) is 1.61. The molecule has 29 heavy (non-hydrogen) atoms. The Labute approximate surface area is 167 Å². The Balaban J connectivity index is 1.33. The second-order valence-electron chi connectivity index (χ2n) is 7.69. The van der Waals surface area contributed by atoms with Crippen LogP contribution < -0.4 is 15.0 Å². The Bertz CT molecular complexity index is 998. The minimum Gasteiger partial charge on any atom is -0.497 e. The van der Waals surface area contributed by atoms with Crippen LogP contribution in [0.1, 0.15) is 11.3 Å². The lowest BCUT2D eigenvalue weighted by atomic mass is 9.77. The van der Waals surface area contributed by atoms with E-state index in [0.717, 1.165) is 11.3 Å². The number of aryl methyl sites for hydroxylation is 1. The van der Waals surface area contributed by atoms with Crippen LogP contribution in [0.25, 0.3) is 0 Å². The summed E-state index contributed by atoms with van der Waals surface area (Å²) < 4.78 is 16.4. The fraction of sp³-hybridized carbons (Fsp3) is 0.381. The van der Waals surface area contributed by atoms with Crippen LogP contribution in [0.4, 0.5) is 5.82 Å². The SMILES string of the molecule is COc1ccc(CNC(=O)[C@@H]2[C@H]3C=C[C@@]4(CN(c5cc(C)on5)C(=O)[C@@H]24)O3)cc1. The van der Waals surface area contributed by atoms with Crippen molar-refractivity contribution in [2.24, 2.45) is 11.8 Å². The zero-order valence-corrected chi connectivity index (χ0v) is 16.1. The van der Waals surface area contributed by atoms with Gasteiger partial charge in [0, 0.05) is 12.6 Å². The first kappa shape index (κ1) is 17.9. The van der Waals surface area contributed by atoms with E-state index in [4.69, 9.17) is 14.0 Å². The molecule has 2 saturated heterocycles. The van der Waals surface area contributed by atoms with Gasteiger partial charge in [0.15, 0.2) is 5.82 Å². The Morgan fingerprint density at radius 3 is 2.86 bits per heavy atom. The number of nitrogens with one attached hydrogen (secondary N) is 1. The summed E-state index contributed by atoms with van der Waals surface area (Å²) in [5.74, 6) is 0.358. The molecular weight excluding hydrogens is 374 g/mol. The largest absolute Gasteiger partial charge is 0.497 e. The number of carbonyl (C=O) groups excluding carboxylic acids is 2. The Kier molecular flexibility index (Phi) is 3.99. The number of hydrogen-bond donors (Lipinski definition) is 1. The van der Waals surface area contributed by atoms with Gasteiger partial charge in [-0.1, -0.05) is 29.4 Å². The molecule has 0 aliphatic carbocycles. The van der Waals surface area contributed by atoms with Crippen molar-refractivity contribution in [3.8, 4) is 5.75 Å². The number of fused-ring (bicyclic) bond motifs is 1. The summed E-state index contributed by atoms with van der Waals surface area (Å²) in [6.07, 6.45) is 3.42. The average molecular weight is 395 g/mol. The molecule has 5 rings (SSSR count). The van der Waals surface area contributed by atoms with Gasteiger partial charge in [-0.2, -0.15) is 0 Å². The van der Waals surface area contributed by atoms with Crippen LogP contribution in [0, 0.1) is 18.8 Å². The minimum absolute atomic E-state index is 0.158. The second kappa shape index (κ2) is 6.45. The molecule has 4 heterocycles. The average Bonchev–Trinajstić information content (AvgIpc) is 3.47. The fourth-order valence-electron chi connectivity index (χ4n) is 4.52. The van der Waals surface area contributed by atoms with Crippen molar-refractivity contribution in [2.45, 2.75) is 25.2 Å². The molecule has 1 N–H and O–H groups in total. The maximum Gasteiger partial charge on any atom is 0.235 e. The van der Waals surface area contributed by atoms with Crippen LogP contribution in [0.2, 0.25) is 0 Å². The zero-order chi connectivity index (χ0) is 20.2. The van der Waals surface area contributed by atoms with Crippen LogP contribution in [-0.4, -0.2) is 42.3 Å². The third kappa shape index (κ3) is 2.74. The predicted octanol–water partition coefficient (Wildman–Crippen LogP) is 1.59. The molecule has 1 aromatic heterocycles. The first-order valence-electron chi connectivity index (χ1n) is 9.53. The van der Waals surface area contributed by atoms with Crippen LogP contribution in [-0.2, 0) is 20.9 Å². The van der Waals surface area contributed by atoms with Gasteiger partial charge >= 0.3 is 0 Å². The lowest BCUT2D eigenvalue weighted by molar-refractivity contribution is -0.132. The molecule has 2 amide bonds. The number of hydrogen-bond acceptors (Lipinski definition) is 6. The predicted molar refractivity (Wildman–Crippen MR) is 102 cm³/mol. The molecule has 4 atom stereocenters. The van der Waals surface area contributed by atoms with E-state index in [-0.39, 0.29) is 17.9 Å².